The summed E-state index contributed by atoms with van der Waals surface area (Å²) in [5, 5.41) is 0. The van der Waals surface area contributed by atoms with Crippen molar-refractivity contribution in [1.29, 1.82) is 0 Å². The van der Waals surface area contributed by atoms with E-state index in [1.165, 1.54) is 19.3 Å². The van der Waals surface area contributed by atoms with E-state index in [4.69, 9.17) is 10.5 Å². The first-order valence-electron chi connectivity index (χ1n) is 5.56. The molecule has 0 spiro atoms. The number of methoxy groups -OCH3 is 1. The number of nitrogens with zero attached hydrogens (tertiary/aromatic N) is 1. The van der Waals surface area contributed by atoms with Gasteiger partial charge in [-0.1, -0.05) is 6.42 Å². The van der Waals surface area contributed by atoms with Gasteiger partial charge >= 0.3 is 0 Å². The number of likely N-dealkylation sites (N-methyl/N-ethyl adjacent to an activating group) is 1. The van der Waals surface area contributed by atoms with Crippen LogP contribution in [0, 0.1) is 0 Å². The van der Waals surface area contributed by atoms with Crippen molar-refractivity contribution in [2.75, 3.05) is 27.3 Å². The Bertz CT molecular complexity index is 171. The highest BCUT2D eigenvalue weighted by Crippen LogP contribution is 2.30. The molecule has 3 nitrogen and oxygen atoms in total. The predicted octanol–water partition coefficient (Wildman–Crippen LogP) is 1.22. The van der Waals surface area contributed by atoms with Crippen LogP contribution in [0.5, 0.6) is 0 Å². The molecule has 0 saturated heterocycles. The Labute approximate surface area is 87.6 Å². The van der Waals surface area contributed by atoms with Crippen LogP contribution in [-0.2, 0) is 4.74 Å². The van der Waals surface area contributed by atoms with Crippen molar-refractivity contribution in [3.05, 3.63) is 0 Å². The van der Waals surface area contributed by atoms with Gasteiger partial charge < -0.3 is 10.5 Å². The van der Waals surface area contributed by atoms with Crippen molar-refractivity contribution >= 4 is 0 Å². The Kier molecular flexibility index (Phi) is 4.35. The molecule has 1 fully saturated rings. The molecule has 84 valence electrons. The summed E-state index contributed by atoms with van der Waals surface area (Å²) in [6.45, 7) is 3.75. The first-order valence-corrected chi connectivity index (χ1v) is 5.56. The molecule has 0 amide bonds. The standard InChI is InChI=1S/C11H24N2O/c1-11(9-12,7-8-14-3)13(2)10-5-4-6-10/h10H,4-9,12H2,1-3H3. The fourth-order valence-corrected chi connectivity index (χ4v) is 1.96. The Morgan fingerprint density at radius 2 is 2.14 bits per heavy atom. The molecule has 0 aromatic carbocycles. The number of ether oxygens (including phenoxy) is 1. The van der Waals surface area contributed by atoms with E-state index in [-0.39, 0.29) is 5.54 Å². The van der Waals surface area contributed by atoms with Gasteiger partial charge in [-0.25, -0.2) is 0 Å². The monoisotopic (exact) mass is 200 g/mol. The van der Waals surface area contributed by atoms with Gasteiger partial charge in [0, 0.05) is 31.8 Å². The van der Waals surface area contributed by atoms with Crippen LogP contribution in [0.2, 0.25) is 0 Å². The highest BCUT2D eigenvalue weighted by atomic mass is 16.5. The van der Waals surface area contributed by atoms with Crippen LogP contribution in [0.1, 0.15) is 32.6 Å². The lowest BCUT2D eigenvalue weighted by molar-refractivity contribution is 0.0267. The minimum Gasteiger partial charge on any atom is -0.385 e. The van der Waals surface area contributed by atoms with Gasteiger partial charge in [0.2, 0.25) is 0 Å². The number of rotatable bonds is 6. The third kappa shape index (κ3) is 2.47. The molecule has 2 N–H and O–H groups in total. The topological polar surface area (TPSA) is 38.5 Å². The highest BCUT2D eigenvalue weighted by molar-refractivity contribution is 4.92. The van der Waals surface area contributed by atoms with Gasteiger partial charge in [-0.05, 0) is 33.2 Å². The van der Waals surface area contributed by atoms with E-state index >= 15 is 0 Å². The Hall–Kier alpha value is -0.120. The van der Waals surface area contributed by atoms with Crippen molar-refractivity contribution in [2.45, 2.75) is 44.2 Å². The van der Waals surface area contributed by atoms with Gasteiger partial charge in [0.1, 0.15) is 0 Å². The zero-order valence-corrected chi connectivity index (χ0v) is 9.75. The summed E-state index contributed by atoms with van der Waals surface area (Å²) in [7, 11) is 3.95. The van der Waals surface area contributed by atoms with Crippen molar-refractivity contribution in [2.24, 2.45) is 5.73 Å². The van der Waals surface area contributed by atoms with Crippen LogP contribution in [0.15, 0.2) is 0 Å². The zero-order chi connectivity index (χ0) is 10.6. The van der Waals surface area contributed by atoms with E-state index in [2.05, 4.69) is 18.9 Å². The lowest BCUT2D eigenvalue weighted by atomic mass is 9.86. The summed E-state index contributed by atoms with van der Waals surface area (Å²) in [6.07, 6.45) is 5.06. The average Bonchev–Trinajstić information content (AvgIpc) is 2.11. The minimum atomic E-state index is 0.112. The van der Waals surface area contributed by atoms with E-state index in [0.717, 1.165) is 19.1 Å². The Balaban J connectivity index is 2.47. The largest absolute Gasteiger partial charge is 0.385 e. The second-order valence-electron chi connectivity index (χ2n) is 4.64. The molecule has 0 aliphatic heterocycles. The van der Waals surface area contributed by atoms with Crippen LogP contribution < -0.4 is 5.73 Å². The maximum Gasteiger partial charge on any atom is 0.0480 e. The van der Waals surface area contributed by atoms with Crippen LogP contribution in [-0.4, -0.2) is 43.8 Å². The van der Waals surface area contributed by atoms with Gasteiger partial charge in [-0.2, -0.15) is 0 Å². The first-order chi connectivity index (χ1) is 6.64. The molecular formula is C11H24N2O. The van der Waals surface area contributed by atoms with E-state index in [0.29, 0.717) is 6.54 Å². The molecule has 0 aromatic rings. The van der Waals surface area contributed by atoms with Crippen molar-refractivity contribution < 1.29 is 4.74 Å². The quantitative estimate of drug-likeness (QED) is 0.701. The van der Waals surface area contributed by atoms with Crippen molar-refractivity contribution in [1.82, 2.24) is 4.90 Å². The second-order valence-corrected chi connectivity index (χ2v) is 4.64. The molecule has 1 unspecified atom stereocenters. The SMILES string of the molecule is COCCC(C)(CN)N(C)C1CCC1. The molecule has 14 heavy (non-hydrogen) atoms. The molecule has 3 heteroatoms. The Morgan fingerprint density at radius 3 is 2.50 bits per heavy atom. The van der Waals surface area contributed by atoms with Gasteiger partial charge in [0.25, 0.3) is 0 Å². The highest BCUT2D eigenvalue weighted by Gasteiger charge is 2.34. The lowest BCUT2D eigenvalue weighted by Crippen LogP contribution is -2.56. The maximum absolute atomic E-state index is 5.87. The molecule has 1 saturated carbocycles. The number of hydrogen-bond acceptors (Lipinski definition) is 3. The van der Waals surface area contributed by atoms with E-state index in [1.54, 1.807) is 7.11 Å². The second kappa shape index (κ2) is 5.10. The zero-order valence-electron chi connectivity index (χ0n) is 9.75. The molecule has 0 aromatic heterocycles. The molecule has 0 heterocycles. The summed E-state index contributed by atoms with van der Waals surface area (Å²) in [5.41, 5.74) is 5.98. The van der Waals surface area contributed by atoms with Gasteiger partial charge in [0.15, 0.2) is 0 Å². The lowest BCUT2D eigenvalue weighted by Gasteiger charge is -2.46. The fourth-order valence-electron chi connectivity index (χ4n) is 1.96. The molecular weight excluding hydrogens is 176 g/mol. The third-order valence-corrected chi connectivity index (χ3v) is 3.76. The van der Waals surface area contributed by atoms with Gasteiger partial charge in [-0.15, -0.1) is 0 Å². The molecule has 0 radical (unpaired) electrons. The molecule has 0 bridgehead atoms. The van der Waals surface area contributed by atoms with Crippen LogP contribution >= 0.6 is 0 Å². The summed E-state index contributed by atoms with van der Waals surface area (Å²) in [5.74, 6) is 0. The predicted molar refractivity (Wildman–Crippen MR) is 59.4 cm³/mol. The fraction of sp³-hybridized carbons (Fsp3) is 1.00. The summed E-state index contributed by atoms with van der Waals surface area (Å²) >= 11 is 0. The third-order valence-electron chi connectivity index (χ3n) is 3.76. The Morgan fingerprint density at radius 1 is 1.50 bits per heavy atom. The number of nitrogens with two attached hydrogens (primary N) is 1. The molecule has 1 aliphatic carbocycles. The van der Waals surface area contributed by atoms with Crippen LogP contribution in [0.4, 0.5) is 0 Å². The van der Waals surface area contributed by atoms with Crippen molar-refractivity contribution in [3.8, 4) is 0 Å². The van der Waals surface area contributed by atoms with Crippen molar-refractivity contribution in [3.63, 3.8) is 0 Å². The van der Waals surface area contributed by atoms with E-state index in [1.807, 2.05) is 0 Å². The summed E-state index contributed by atoms with van der Waals surface area (Å²) in [4.78, 5) is 2.45. The van der Waals surface area contributed by atoms with E-state index < -0.39 is 0 Å². The summed E-state index contributed by atoms with van der Waals surface area (Å²) in [6, 6.07) is 0.750. The number of hydrogen-bond donors (Lipinski definition) is 1. The smallest absolute Gasteiger partial charge is 0.0480 e. The minimum absolute atomic E-state index is 0.112. The normalized spacial score (nSPS) is 22.1. The molecule has 1 aliphatic rings. The van der Waals surface area contributed by atoms with Crippen LogP contribution in [0.3, 0.4) is 0 Å². The molecule has 1 rings (SSSR count). The maximum atomic E-state index is 5.87. The van der Waals surface area contributed by atoms with Gasteiger partial charge in [-0.3, -0.25) is 4.90 Å². The van der Waals surface area contributed by atoms with Crippen LogP contribution in [0.25, 0.3) is 0 Å². The summed E-state index contributed by atoms with van der Waals surface area (Å²) < 4.78 is 5.14. The first kappa shape index (κ1) is 12.0. The van der Waals surface area contributed by atoms with E-state index in [9.17, 15) is 0 Å². The average molecular weight is 200 g/mol. The molecule has 1 atom stereocenters. The van der Waals surface area contributed by atoms with Gasteiger partial charge in [0.05, 0.1) is 0 Å².